The molecule has 3 rings (SSSR count). The standard InChI is InChI=1S/C14H18O3/c1-2-3-4-6-14-7-5-9(8-14)10-11(14)13(16)17-12(10)15/h5,7,9-11H,2-4,6,8H2,1H3. The van der Waals surface area contributed by atoms with E-state index in [0.717, 1.165) is 19.3 Å². The van der Waals surface area contributed by atoms with Crippen molar-refractivity contribution >= 4 is 11.9 Å². The summed E-state index contributed by atoms with van der Waals surface area (Å²) in [5.41, 5.74) is -0.0618. The maximum atomic E-state index is 11.8. The molecule has 2 fully saturated rings. The summed E-state index contributed by atoms with van der Waals surface area (Å²) in [7, 11) is 0. The van der Waals surface area contributed by atoms with Crippen molar-refractivity contribution in [3.63, 3.8) is 0 Å². The highest BCUT2D eigenvalue weighted by Gasteiger charge is 2.64. The number of esters is 2. The molecule has 2 bridgehead atoms. The van der Waals surface area contributed by atoms with Crippen LogP contribution < -0.4 is 0 Å². The molecular weight excluding hydrogens is 216 g/mol. The van der Waals surface area contributed by atoms with Gasteiger partial charge in [0.2, 0.25) is 0 Å². The molecular formula is C14H18O3. The van der Waals surface area contributed by atoms with Crippen molar-refractivity contribution in [2.24, 2.45) is 23.2 Å². The lowest BCUT2D eigenvalue weighted by atomic mass is 9.72. The van der Waals surface area contributed by atoms with Crippen molar-refractivity contribution in [3.05, 3.63) is 12.2 Å². The van der Waals surface area contributed by atoms with Crippen molar-refractivity contribution in [1.29, 1.82) is 0 Å². The maximum Gasteiger partial charge on any atom is 0.318 e. The van der Waals surface area contributed by atoms with Crippen molar-refractivity contribution in [1.82, 2.24) is 0 Å². The monoisotopic (exact) mass is 234 g/mol. The molecule has 0 N–H and O–H groups in total. The van der Waals surface area contributed by atoms with Crippen LogP contribution in [0.3, 0.4) is 0 Å². The van der Waals surface area contributed by atoms with Crippen molar-refractivity contribution in [3.8, 4) is 0 Å². The lowest BCUT2D eigenvalue weighted by molar-refractivity contribution is -0.155. The smallest absolute Gasteiger partial charge is 0.318 e. The summed E-state index contributed by atoms with van der Waals surface area (Å²) in [4.78, 5) is 23.5. The number of hydrogen-bond acceptors (Lipinski definition) is 3. The molecule has 0 aromatic heterocycles. The second-order valence-corrected chi connectivity index (χ2v) is 5.66. The maximum absolute atomic E-state index is 11.8. The fourth-order valence-electron chi connectivity index (χ4n) is 3.94. The molecule has 0 spiro atoms. The molecule has 0 amide bonds. The molecule has 92 valence electrons. The summed E-state index contributed by atoms with van der Waals surface area (Å²) < 4.78 is 4.82. The van der Waals surface area contributed by atoms with Gasteiger partial charge >= 0.3 is 11.9 Å². The predicted molar refractivity (Wildman–Crippen MR) is 61.9 cm³/mol. The minimum absolute atomic E-state index is 0.0618. The first-order valence-corrected chi connectivity index (χ1v) is 6.63. The van der Waals surface area contributed by atoms with E-state index in [9.17, 15) is 9.59 Å². The lowest BCUT2D eigenvalue weighted by Gasteiger charge is -2.29. The fourth-order valence-corrected chi connectivity index (χ4v) is 3.94. The van der Waals surface area contributed by atoms with Gasteiger partial charge in [0.25, 0.3) is 0 Å². The number of cyclic esters (lactones) is 2. The molecule has 1 aliphatic heterocycles. The number of carbonyl (C=O) groups excluding carboxylic acids is 2. The number of rotatable bonds is 4. The van der Waals surface area contributed by atoms with Gasteiger partial charge < -0.3 is 4.74 Å². The van der Waals surface area contributed by atoms with Crippen LogP contribution in [0, 0.1) is 23.2 Å². The summed E-state index contributed by atoms with van der Waals surface area (Å²) in [6.45, 7) is 2.18. The van der Waals surface area contributed by atoms with E-state index in [4.69, 9.17) is 4.74 Å². The Hall–Kier alpha value is -1.12. The van der Waals surface area contributed by atoms with E-state index in [0.29, 0.717) is 0 Å². The zero-order valence-electron chi connectivity index (χ0n) is 10.1. The second kappa shape index (κ2) is 3.69. The first-order valence-electron chi connectivity index (χ1n) is 6.63. The molecule has 1 heterocycles. The summed E-state index contributed by atoms with van der Waals surface area (Å²) in [6.07, 6.45) is 9.84. The average molecular weight is 234 g/mol. The van der Waals surface area contributed by atoms with E-state index >= 15 is 0 Å². The molecule has 2 aliphatic carbocycles. The van der Waals surface area contributed by atoms with Crippen LogP contribution in [0.2, 0.25) is 0 Å². The summed E-state index contributed by atoms with van der Waals surface area (Å²) in [6, 6.07) is 0. The Morgan fingerprint density at radius 1 is 1.35 bits per heavy atom. The first kappa shape index (κ1) is 11.0. The Morgan fingerprint density at radius 2 is 2.18 bits per heavy atom. The summed E-state index contributed by atoms with van der Waals surface area (Å²) in [5, 5.41) is 0. The van der Waals surface area contributed by atoms with Crippen molar-refractivity contribution in [2.45, 2.75) is 39.0 Å². The Kier molecular flexibility index (Phi) is 2.39. The van der Waals surface area contributed by atoms with E-state index in [1.807, 2.05) is 0 Å². The second-order valence-electron chi connectivity index (χ2n) is 5.66. The van der Waals surface area contributed by atoms with Gasteiger partial charge in [-0.15, -0.1) is 0 Å². The number of allylic oxidation sites excluding steroid dienone is 2. The Morgan fingerprint density at radius 3 is 2.94 bits per heavy atom. The Labute approximate surface area is 101 Å². The number of hydrogen-bond donors (Lipinski definition) is 0. The summed E-state index contributed by atoms with van der Waals surface area (Å²) in [5.74, 6) is -0.661. The van der Waals surface area contributed by atoms with E-state index in [-0.39, 0.29) is 35.1 Å². The Balaban J connectivity index is 1.84. The van der Waals surface area contributed by atoms with Crippen LogP contribution in [0.25, 0.3) is 0 Å². The molecule has 1 saturated carbocycles. The summed E-state index contributed by atoms with van der Waals surface area (Å²) >= 11 is 0. The van der Waals surface area contributed by atoms with Crippen LogP contribution >= 0.6 is 0 Å². The predicted octanol–water partition coefficient (Wildman–Crippen LogP) is 2.46. The molecule has 3 aliphatic rings. The molecule has 1 saturated heterocycles. The van der Waals surface area contributed by atoms with Crippen molar-refractivity contribution < 1.29 is 14.3 Å². The number of unbranched alkanes of at least 4 members (excludes halogenated alkanes) is 2. The van der Waals surface area contributed by atoms with Gasteiger partial charge in [-0.2, -0.15) is 0 Å². The molecule has 4 unspecified atom stereocenters. The quantitative estimate of drug-likeness (QED) is 0.325. The van der Waals surface area contributed by atoms with Gasteiger partial charge in [0, 0.05) is 5.41 Å². The van der Waals surface area contributed by atoms with Crippen LogP contribution in [0.15, 0.2) is 12.2 Å². The van der Waals surface area contributed by atoms with Gasteiger partial charge in [-0.3, -0.25) is 9.59 Å². The fraction of sp³-hybridized carbons (Fsp3) is 0.714. The van der Waals surface area contributed by atoms with E-state index < -0.39 is 0 Å². The number of carbonyl (C=O) groups is 2. The van der Waals surface area contributed by atoms with Crippen LogP contribution in [-0.4, -0.2) is 11.9 Å². The average Bonchev–Trinajstić information content (AvgIpc) is 2.91. The Bertz CT molecular complexity index is 398. The van der Waals surface area contributed by atoms with Gasteiger partial charge in [-0.25, -0.2) is 0 Å². The molecule has 4 atom stereocenters. The highest BCUT2D eigenvalue weighted by atomic mass is 16.6. The van der Waals surface area contributed by atoms with Crippen LogP contribution in [0.4, 0.5) is 0 Å². The molecule has 3 heteroatoms. The van der Waals surface area contributed by atoms with Crippen LogP contribution in [-0.2, 0) is 14.3 Å². The van der Waals surface area contributed by atoms with E-state index in [1.54, 1.807) is 0 Å². The van der Waals surface area contributed by atoms with E-state index in [1.165, 1.54) is 12.8 Å². The molecule has 17 heavy (non-hydrogen) atoms. The van der Waals surface area contributed by atoms with Crippen molar-refractivity contribution in [2.75, 3.05) is 0 Å². The topological polar surface area (TPSA) is 43.4 Å². The lowest BCUT2D eigenvalue weighted by Crippen LogP contribution is -2.31. The number of fused-ring (bicyclic) bond motifs is 5. The zero-order chi connectivity index (χ0) is 12.0. The van der Waals surface area contributed by atoms with Gasteiger partial charge in [-0.1, -0.05) is 38.3 Å². The molecule has 0 aromatic rings. The van der Waals surface area contributed by atoms with Crippen LogP contribution in [0.5, 0.6) is 0 Å². The largest absolute Gasteiger partial charge is 0.393 e. The molecule has 0 aromatic carbocycles. The highest BCUT2D eigenvalue weighted by Crippen LogP contribution is 2.61. The minimum Gasteiger partial charge on any atom is -0.393 e. The number of ether oxygens (including phenoxy) is 1. The van der Waals surface area contributed by atoms with Gasteiger partial charge in [-0.05, 0) is 18.8 Å². The normalized spacial score (nSPS) is 42.1. The van der Waals surface area contributed by atoms with E-state index in [2.05, 4.69) is 19.1 Å². The first-order chi connectivity index (χ1) is 8.18. The third-order valence-electron chi connectivity index (χ3n) is 4.70. The third-order valence-corrected chi connectivity index (χ3v) is 4.70. The van der Waals surface area contributed by atoms with Gasteiger partial charge in [0.1, 0.15) is 0 Å². The third kappa shape index (κ3) is 1.41. The van der Waals surface area contributed by atoms with Crippen LogP contribution in [0.1, 0.15) is 39.0 Å². The minimum atomic E-state index is -0.285. The SMILES string of the molecule is CCCCCC12C=CC(C1)C1C(=O)OC(=O)C12. The highest BCUT2D eigenvalue weighted by molar-refractivity contribution is 5.98. The van der Waals surface area contributed by atoms with Gasteiger partial charge in [0.05, 0.1) is 11.8 Å². The zero-order valence-corrected chi connectivity index (χ0v) is 10.1. The van der Waals surface area contributed by atoms with Gasteiger partial charge in [0.15, 0.2) is 0 Å². The molecule has 0 radical (unpaired) electrons. The molecule has 3 nitrogen and oxygen atoms in total.